The molecule has 2 atom stereocenters. The maximum atomic E-state index is 13.8. The van der Waals surface area contributed by atoms with Gasteiger partial charge in [0.05, 0.1) is 17.0 Å². The Labute approximate surface area is 202 Å². The molecule has 9 heteroatoms. The Hall–Kier alpha value is -4.01. The number of nitro benzene ring substituents is 1. The maximum Gasteiger partial charge on any atom is 0.281 e. The van der Waals surface area contributed by atoms with Gasteiger partial charge in [0.15, 0.2) is 11.5 Å². The van der Waals surface area contributed by atoms with Crippen molar-refractivity contribution in [3.63, 3.8) is 0 Å². The Kier molecular flexibility index (Phi) is 5.12. The van der Waals surface area contributed by atoms with Gasteiger partial charge in [-0.2, -0.15) is 0 Å². The lowest BCUT2D eigenvalue weighted by atomic mass is 10.1. The summed E-state index contributed by atoms with van der Waals surface area (Å²) in [6.45, 7) is 2.91. The number of amides is 1. The summed E-state index contributed by atoms with van der Waals surface area (Å²) in [5, 5.41) is 11.1. The Bertz CT molecular complexity index is 1330. The molecule has 3 aliphatic rings. The summed E-state index contributed by atoms with van der Waals surface area (Å²) in [7, 11) is 0. The standard InChI is InChI=1S/C26H26N6O3/c1-2-29-25(33)23-24(31-21-10-6-9-20(21)27-26(29)31)28-22(15-17-7-4-3-5-8-17)30(23)16-18-11-13-19(14-12-18)32(34)35/h3-5,7-8,11-14,20-21H,2,6,9-10,15-16H2,1H3/t20-,21+/m1/s1. The van der Waals surface area contributed by atoms with Gasteiger partial charge in [-0.3, -0.25) is 24.7 Å². The van der Waals surface area contributed by atoms with Crippen molar-refractivity contribution in [3.05, 3.63) is 87.4 Å². The van der Waals surface area contributed by atoms with Gasteiger partial charge in [-0.15, -0.1) is 0 Å². The third kappa shape index (κ3) is 3.50. The van der Waals surface area contributed by atoms with E-state index in [1.54, 1.807) is 17.0 Å². The van der Waals surface area contributed by atoms with E-state index in [-0.39, 0.29) is 23.7 Å². The summed E-state index contributed by atoms with van der Waals surface area (Å²) >= 11 is 0. The second-order valence-corrected chi connectivity index (χ2v) is 9.29. The molecule has 1 saturated carbocycles. The number of aromatic nitrogens is 2. The van der Waals surface area contributed by atoms with Gasteiger partial charge >= 0.3 is 0 Å². The number of nitrogens with zero attached hydrogens (tertiary/aromatic N) is 6. The lowest BCUT2D eigenvalue weighted by molar-refractivity contribution is -0.384. The van der Waals surface area contributed by atoms with Crippen molar-refractivity contribution in [2.24, 2.45) is 4.99 Å². The number of aliphatic imine (C=N–C) groups is 1. The highest BCUT2D eigenvalue weighted by Crippen LogP contribution is 2.41. The van der Waals surface area contributed by atoms with Crippen molar-refractivity contribution in [1.29, 1.82) is 0 Å². The molecule has 35 heavy (non-hydrogen) atoms. The SMILES string of the molecule is CCN1C(=O)c2c(nc(Cc3ccccc3)n2Cc2ccc([N+](=O)[O-])cc2)N2C1=N[C@@H]1CCC[C@@H]12. The average molecular weight is 471 g/mol. The molecule has 0 unspecified atom stereocenters. The van der Waals surface area contributed by atoms with Crippen LogP contribution in [0.5, 0.6) is 0 Å². The molecule has 2 aliphatic heterocycles. The average Bonchev–Trinajstić information content (AvgIpc) is 3.54. The normalized spacial score (nSPS) is 20.5. The van der Waals surface area contributed by atoms with Gasteiger partial charge < -0.3 is 4.57 Å². The highest BCUT2D eigenvalue weighted by atomic mass is 16.6. The number of benzene rings is 2. The number of carbonyl (C=O) groups excluding carboxylic acids is 1. The first-order valence-corrected chi connectivity index (χ1v) is 12.1. The van der Waals surface area contributed by atoms with Crippen molar-refractivity contribution < 1.29 is 9.72 Å². The zero-order valence-corrected chi connectivity index (χ0v) is 19.5. The Morgan fingerprint density at radius 2 is 1.83 bits per heavy atom. The third-order valence-electron chi connectivity index (χ3n) is 7.23. The van der Waals surface area contributed by atoms with Crippen LogP contribution in [0.25, 0.3) is 0 Å². The molecule has 1 aliphatic carbocycles. The predicted molar refractivity (Wildman–Crippen MR) is 132 cm³/mol. The fourth-order valence-electron chi connectivity index (χ4n) is 5.54. The van der Waals surface area contributed by atoms with Crippen LogP contribution in [0.1, 0.15) is 53.6 Å². The largest absolute Gasteiger partial charge is 0.317 e. The van der Waals surface area contributed by atoms with Crippen LogP contribution >= 0.6 is 0 Å². The van der Waals surface area contributed by atoms with E-state index in [0.29, 0.717) is 31.0 Å². The summed E-state index contributed by atoms with van der Waals surface area (Å²) < 4.78 is 1.99. The van der Waals surface area contributed by atoms with E-state index in [1.807, 2.05) is 29.7 Å². The van der Waals surface area contributed by atoms with E-state index in [4.69, 9.17) is 9.98 Å². The summed E-state index contributed by atoms with van der Waals surface area (Å²) in [6.07, 6.45) is 3.77. The van der Waals surface area contributed by atoms with Gasteiger partial charge in [-0.05, 0) is 37.3 Å². The van der Waals surface area contributed by atoms with Crippen LogP contribution < -0.4 is 4.90 Å². The molecule has 0 saturated heterocycles. The lowest BCUT2D eigenvalue weighted by Gasteiger charge is -2.35. The molecule has 0 radical (unpaired) electrons. The summed E-state index contributed by atoms with van der Waals surface area (Å²) in [5.41, 5.74) is 2.60. The fraction of sp³-hybridized carbons (Fsp3) is 0.346. The van der Waals surface area contributed by atoms with Crippen LogP contribution in [0.3, 0.4) is 0 Å². The Morgan fingerprint density at radius 1 is 1.06 bits per heavy atom. The molecule has 1 fully saturated rings. The van der Waals surface area contributed by atoms with Crippen LogP contribution in [0, 0.1) is 10.1 Å². The van der Waals surface area contributed by atoms with Crippen LogP contribution in [0.4, 0.5) is 11.5 Å². The van der Waals surface area contributed by atoms with Gasteiger partial charge in [-0.1, -0.05) is 42.5 Å². The van der Waals surface area contributed by atoms with E-state index in [2.05, 4.69) is 17.0 Å². The van der Waals surface area contributed by atoms with Crippen molar-refractivity contribution in [2.45, 2.75) is 51.2 Å². The smallest absolute Gasteiger partial charge is 0.281 e. The molecular formula is C26H26N6O3. The summed E-state index contributed by atoms with van der Waals surface area (Å²) in [6, 6.07) is 17.0. The molecule has 178 valence electrons. The number of imidazole rings is 1. The molecule has 1 aromatic heterocycles. The monoisotopic (exact) mass is 470 g/mol. The second-order valence-electron chi connectivity index (χ2n) is 9.29. The van der Waals surface area contributed by atoms with Gasteiger partial charge in [0.25, 0.3) is 11.6 Å². The second kappa shape index (κ2) is 8.33. The minimum absolute atomic E-state index is 0.0457. The molecule has 1 amide bonds. The van der Waals surface area contributed by atoms with Crippen molar-refractivity contribution in [2.75, 3.05) is 11.4 Å². The fourth-order valence-corrected chi connectivity index (χ4v) is 5.54. The molecule has 6 rings (SSSR count). The predicted octanol–water partition coefficient (Wildman–Crippen LogP) is 4.00. The molecule has 3 heterocycles. The number of fused-ring (bicyclic) bond motifs is 5. The van der Waals surface area contributed by atoms with Gasteiger partial charge in [-0.25, -0.2) is 9.98 Å². The van der Waals surface area contributed by atoms with E-state index < -0.39 is 4.92 Å². The molecule has 0 N–H and O–H groups in total. The number of guanidine groups is 1. The van der Waals surface area contributed by atoms with Crippen LogP contribution in [0.2, 0.25) is 0 Å². The van der Waals surface area contributed by atoms with Crippen molar-refractivity contribution in [1.82, 2.24) is 14.5 Å². The molecule has 9 nitrogen and oxygen atoms in total. The van der Waals surface area contributed by atoms with Crippen LogP contribution in [-0.4, -0.2) is 49.9 Å². The summed E-state index contributed by atoms with van der Waals surface area (Å²) in [4.78, 5) is 38.5. The van der Waals surface area contributed by atoms with Crippen LogP contribution in [0.15, 0.2) is 59.6 Å². The number of nitro groups is 1. The maximum absolute atomic E-state index is 13.8. The lowest BCUT2D eigenvalue weighted by Crippen LogP contribution is -2.53. The minimum Gasteiger partial charge on any atom is -0.317 e. The van der Waals surface area contributed by atoms with Crippen LogP contribution in [-0.2, 0) is 13.0 Å². The molecular weight excluding hydrogens is 444 g/mol. The van der Waals surface area contributed by atoms with E-state index >= 15 is 0 Å². The van der Waals surface area contributed by atoms with E-state index in [1.165, 1.54) is 12.1 Å². The topological polar surface area (TPSA) is 96.9 Å². The quantitative estimate of drug-likeness (QED) is 0.401. The number of hydrogen-bond acceptors (Lipinski definition) is 6. The number of anilines is 1. The summed E-state index contributed by atoms with van der Waals surface area (Å²) in [5.74, 6) is 2.13. The minimum atomic E-state index is -0.404. The van der Waals surface area contributed by atoms with E-state index in [9.17, 15) is 14.9 Å². The van der Waals surface area contributed by atoms with Crippen molar-refractivity contribution >= 4 is 23.4 Å². The Balaban J connectivity index is 1.48. The number of carbonyl (C=O) groups is 1. The third-order valence-corrected chi connectivity index (χ3v) is 7.23. The van der Waals surface area contributed by atoms with Gasteiger partial charge in [0.2, 0.25) is 5.96 Å². The number of rotatable bonds is 6. The van der Waals surface area contributed by atoms with E-state index in [0.717, 1.165) is 42.2 Å². The molecule has 2 aromatic carbocycles. The first-order chi connectivity index (χ1) is 17.0. The number of hydrogen-bond donors (Lipinski definition) is 0. The zero-order valence-electron chi connectivity index (χ0n) is 19.5. The first-order valence-electron chi connectivity index (χ1n) is 12.1. The highest BCUT2D eigenvalue weighted by Gasteiger charge is 2.49. The molecule has 3 aromatic rings. The highest BCUT2D eigenvalue weighted by molar-refractivity contribution is 6.18. The van der Waals surface area contributed by atoms with Gasteiger partial charge in [0, 0.05) is 31.6 Å². The zero-order chi connectivity index (χ0) is 24.1. The first kappa shape index (κ1) is 21.5. The Morgan fingerprint density at radius 3 is 2.54 bits per heavy atom. The van der Waals surface area contributed by atoms with Crippen molar-refractivity contribution in [3.8, 4) is 0 Å². The number of non-ortho nitro benzene ring substituents is 1. The molecule has 0 spiro atoms. The van der Waals surface area contributed by atoms with Gasteiger partial charge in [0.1, 0.15) is 5.82 Å². The molecule has 0 bridgehead atoms.